The molecule has 0 bridgehead atoms. The minimum atomic E-state index is -4.32. The number of aromatic nitrogens is 2. The summed E-state index contributed by atoms with van der Waals surface area (Å²) in [5.74, 6) is -0.382. The fourth-order valence-electron chi connectivity index (χ4n) is 1.74. The number of nitrogens with zero attached hydrogens (tertiary/aromatic N) is 2. The van der Waals surface area contributed by atoms with Crippen molar-refractivity contribution in [3.05, 3.63) is 12.0 Å². The van der Waals surface area contributed by atoms with Gasteiger partial charge in [0.15, 0.2) is 5.69 Å². The fraction of sp³-hybridized carbons (Fsp3) is 0.556. The summed E-state index contributed by atoms with van der Waals surface area (Å²) in [6.45, 7) is 0.191. The molecular weight excluding hydrogens is 237 g/mol. The van der Waals surface area contributed by atoms with Gasteiger partial charge in [-0.3, -0.25) is 4.79 Å². The summed E-state index contributed by atoms with van der Waals surface area (Å²) in [5, 5.41) is 4.65. The predicted octanol–water partition coefficient (Wildman–Crippen LogP) is 0.989. The Kier molecular flexibility index (Phi) is 2.72. The molecule has 0 fully saturated rings. The summed E-state index contributed by atoms with van der Waals surface area (Å²) in [4.78, 5) is 15.2. The summed E-state index contributed by atoms with van der Waals surface area (Å²) in [6, 6.07) is -1.63. The first-order valence-corrected chi connectivity index (χ1v) is 5.04. The third-order valence-electron chi connectivity index (χ3n) is 2.64. The maximum atomic E-state index is 12.6. The van der Waals surface area contributed by atoms with E-state index in [0.29, 0.717) is 0 Å². The summed E-state index contributed by atoms with van der Waals surface area (Å²) >= 11 is 0. The van der Waals surface area contributed by atoms with Crippen LogP contribution < -0.4 is 10.6 Å². The maximum Gasteiger partial charge on any atom is 0.408 e. The quantitative estimate of drug-likeness (QED) is 0.779. The number of hydrogen-bond acceptors (Lipinski definition) is 3. The SMILES string of the molecule is CNC(=O)c1ncn2c1NC(C(F)(F)F)CC2. The highest BCUT2D eigenvalue weighted by Gasteiger charge is 2.42. The van der Waals surface area contributed by atoms with E-state index < -0.39 is 18.1 Å². The molecule has 0 aromatic carbocycles. The van der Waals surface area contributed by atoms with Crippen LogP contribution in [0.2, 0.25) is 0 Å². The van der Waals surface area contributed by atoms with Gasteiger partial charge in [0, 0.05) is 13.6 Å². The minimum Gasteiger partial charge on any atom is -0.358 e. The van der Waals surface area contributed by atoms with Crippen LogP contribution >= 0.6 is 0 Å². The molecule has 17 heavy (non-hydrogen) atoms. The van der Waals surface area contributed by atoms with Crippen molar-refractivity contribution in [3.63, 3.8) is 0 Å². The van der Waals surface area contributed by atoms with Crippen molar-refractivity contribution in [2.24, 2.45) is 0 Å². The van der Waals surface area contributed by atoms with Crippen LogP contribution in [0.15, 0.2) is 6.33 Å². The predicted molar refractivity (Wildman–Crippen MR) is 53.7 cm³/mol. The zero-order chi connectivity index (χ0) is 12.6. The van der Waals surface area contributed by atoms with Crippen LogP contribution in [0.1, 0.15) is 16.9 Å². The Balaban J connectivity index is 2.29. The van der Waals surface area contributed by atoms with Gasteiger partial charge in [-0.1, -0.05) is 0 Å². The molecule has 2 rings (SSSR count). The molecule has 8 heteroatoms. The standard InChI is InChI=1S/C9H11F3N4O/c1-13-8(17)6-7-15-5(9(10,11)12)2-3-16(7)4-14-6/h4-5,15H,2-3H2,1H3,(H,13,17). The first-order valence-electron chi connectivity index (χ1n) is 5.04. The van der Waals surface area contributed by atoms with Gasteiger partial charge < -0.3 is 15.2 Å². The molecule has 0 saturated heterocycles. The number of amides is 1. The van der Waals surface area contributed by atoms with Crippen molar-refractivity contribution in [2.75, 3.05) is 12.4 Å². The number of imidazole rings is 1. The van der Waals surface area contributed by atoms with Crippen molar-refractivity contribution in [3.8, 4) is 0 Å². The number of halogens is 3. The highest BCUT2D eigenvalue weighted by molar-refractivity contribution is 5.96. The largest absolute Gasteiger partial charge is 0.408 e. The maximum absolute atomic E-state index is 12.6. The lowest BCUT2D eigenvalue weighted by molar-refractivity contribution is -0.145. The van der Waals surface area contributed by atoms with Crippen LogP contribution in [-0.2, 0) is 6.54 Å². The highest BCUT2D eigenvalue weighted by atomic mass is 19.4. The normalized spacial score (nSPS) is 19.4. The second kappa shape index (κ2) is 3.94. The van der Waals surface area contributed by atoms with Crippen LogP contribution in [0.5, 0.6) is 0 Å². The van der Waals surface area contributed by atoms with E-state index in [2.05, 4.69) is 15.6 Å². The van der Waals surface area contributed by atoms with Crippen LogP contribution in [0.25, 0.3) is 0 Å². The van der Waals surface area contributed by atoms with Crippen LogP contribution in [-0.4, -0.2) is 34.7 Å². The van der Waals surface area contributed by atoms with E-state index in [1.165, 1.54) is 17.9 Å². The number of fused-ring (bicyclic) bond motifs is 1. The van der Waals surface area contributed by atoms with Crippen molar-refractivity contribution in [1.82, 2.24) is 14.9 Å². The Morgan fingerprint density at radius 1 is 1.65 bits per heavy atom. The first-order chi connectivity index (χ1) is 7.93. The lowest BCUT2D eigenvalue weighted by Gasteiger charge is -2.28. The van der Waals surface area contributed by atoms with E-state index in [4.69, 9.17) is 0 Å². The van der Waals surface area contributed by atoms with E-state index in [0.717, 1.165) is 0 Å². The van der Waals surface area contributed by atoms with Crippen molar-refractivity contribution in [2.45, 2.75) is 25.2 Å². The third kappa shape index (κ3) is 2.06. The number of carbonyl (C=O) groups excluding carboxylic acids is 1. The Bertz CT molecular complexity index is 440. The lowest BCUT2D eigenvalue weighted by Crippen LogP contribution is -2.41. The van der Waals surface area contributed by atoms with Crippen molar-refractivity contribution in [1.29, 1.82) is 0 Å². The zero-order valence-corrected chi connectivity index (χ0v) is 9.01. The monoisotopic (exact) mass is 248 g/mol. The average molecular weight is 248 g/mol. The van der Waals surface area contributed by atoms with E-state index >= 15 is 0 Å². The molecular formula is C9H11F3N4O. The number of nitrogens with one attached hydrogen (secondary N) is 2. The van der Waals surface area contributed by atoms with E-state index in [1.54, 1.807) is 0 Å². The Labute approximate surface area is 95.0 Å². The average Bonchev–Trinajstić information content (AvgIpc) is 2.69. The molecule has 0 spiro atoms. The van der Waals surface area contributed by atoms with Gasteiger partial charge in [0.1, 0.15) is 11.9 Å². The van der Waals surface area contributed by atoms with Gasteiger partial charge in [0.25, 0.3) is 5.91 Å². The molecule has 1 unspecified atom stereocenters. The van der Waals surface area contributed by atoms with Gasteiger partial charge in [0.2, 0.25) is 0 Å². The van der Waals surface area contributed by atoms with Gasteiger partial charge in [-0.2, -0.15) is 13.2 Å². The Morgan fingerprint density at radius 3 is 2.94 bits per heavy atom. The minimum absolute atomic E-state index is 0.0125. The van der Waals surface area contributed by atoms with E-state index in [-0.39, 0.29) is 24.5 Å². The van der Waals surface area contributed by atoms with E-state index in [1.807, 2.05) is 0 Å². The molecule has 1 aromatic rings. The van der Waals surface area contributed by atoms with Gasteiger partial charge in [0.05, 0.1) is 6.33 Å². The topological polar surface area (TPSA) is 59.0 Å². The molecule has 1 aliphatic heterocycles. The first kappa shape index (κ1) is 11.7. The number of aryl methyl sites for hydroxylation is 1. The van der Waals surface area contributed by atoms with Crippen molar-refractivity contribution < 1.29 is 18.0 Å². The molecule has 0 aliphatic carbocycles. The molecule has 0 radical (unpaired) electrons. The lowest BCUT2D eigenvalue weighted by atomic mass is 10.1. The number of alkyl halides is 3. The smallest absolute Gasteiger partial charge is 0.358 e. The summed E-state index contributed by atoms with van der Waals surface area (Å²) in [5.41, 5.74) is -0.0125. The molecule has 1 aliphatic rings. The molecule has 1 aromatic heterocycles. The van der Waals surface area contributed by atoms with Gasteiger partial charge >= 0.3 is 6.18 Å². The van der Waals surface area contributed by atoms with Crippen molar-refractivity contribution >= 4 is 11.7 Å². The molecule has 1 amide bonds. The third-order valence-corrected chi connectivity index (χ3v) is 2.64. The highest BCUT2D eigenvalue weighted by Crippen LogP contribution is 2.31. The van der Waals surface area contributed by atoms with Crippen LogP contribution in [0, 0.1) is 0 Å². The van der Waals surface area contributed by atoms with Gasteiger partial charge in [-0.05, 0) is 6.42 Å². The fourth-order valence-corrected chi connectivity index (χ4v) is 1.74. The number of anilines is 1. The number of rotatable bonds is 1. The zero-order valence-electron chi connectivity index (χ0n) is 9.01. The molecule has 1 atom stereocenters. The number of carbonyl (C=O) groups is 1. The Morgan fingerprint density at radius 2 is 2.35 bits per heavy atom. The van der Waals surface area contributed by atoms with E-state index in [9.17, 15) is 18.0 Å². The summed E-state index contributed by atoms with van der Waals surface area (Å²) < 4.78 is 39.2. The van der Waals surface area contributed by atoms with Crippen LogP contribution in [0.3, 0.4) is 0 Å². The summed E-state index contributed by atoms with van der Waals surface area (Å²) in [6.07, 6.45) is -3.03. The molecule has 2 heterocycles. The van der Waals surface area contributed by atoms with Crippen LogP contribution in [0.4, 0.5) is 19.0 Å². The molecule has 94 valence electrons. The van der Waals surface area contributed by atoms with Gasteiger partial charge in [-0.15, -0.1) is 0 Å². The second-order valence-electron chi connectivity index (χ2n) is 3.74. The number of hydrogen-bond donors (Lipinski definition) is 2. The van der Waals surface area contributed by atoms with Gasteiger partial charge in [-0.25, -0.2) is 4.98 Å². The second-order valence-corrected chi connectivity index (χ2v) is 3.74. The molecule has 2 N–H and O–H groups in total. The molecule has 5 nitrogen and oxygen atoms in total. The summed E-state index contributed by atoms with van der Waals surface area (Å²) in [7, 11) is 1.40. The Hall–Kier alpha value is -1.73. The molecule has 0 saturated carbocycles.